The molecule has 0 aliphatic rings. The summed E-state index contributed by atoms with van der Waals surface area (Å²) >= 11 is 12.7. The van der Waals surface area contributed by atoms with E-state index >= 15 is 0 Å². The van der Waals surface area contributed by atoms with Crippen LogP contribution in [0, 0.1) is 12.7 Å². The zero-order chi connectivity index (χ0) is 15.0. The maximum absolute atomic E-state index is 14.1. The van der Waals surface area contributed by atoms with Crippen LogP contribution in [-0.2, 0) is 0 Å². The second-order valence-electron chi connectivity index (χ2n) is 5.02. The first kappa shape index (κ1) is 14.4. The zero-order valence-corrected chi connectivity index (χ0v) is 12.9. The number of halogens is 3. The van der Waals surface area contributed by atoms with Gasteiger partial charge in [-0.05, 0) is 41.0 Å². The van der Waals surface area contributed by atoms with Crippen LogP contribution < -0.4 is 0 Å². The van der Waals surface area contributed by atoms with Gasteiger partial charge in [0.1, 0.15) is 5.82 Å². The lowest BCUT2D eigenvalue weighted by Gasteiger charge is -2.16. The minimum atomic E-state index is -0.621. The van der Waals surface area contributed by atoms with E-state index in [0.29, 0.717) is 10.6 Å². The standard InChI is InChI=1S/C18H13Cl2F/c1-11-9-10-14(13-6-3-2-5-12(11)13)18(20)17-15(19)7-4-8-16(17)21/h2-10,18H,1H3. The van der Waals surface area contributed by atoms with Crippen molar-refractivity contribution in [2.45, 2.75) is 12.3 Å². The summed E-state index contributed by atoms with van der Waals surface area (Å²) in [5.41, 5.74) is 2.36. The van der Waals surface area contributed by atoms with Gasteiger partial charge in [0.25, 0.3) is 0 Å². The molecule has 0 nitrogen and oxygen atoms in total. The monoisotopic (exact) mass is 318 g/mol. The van der Waals surface area contributed by atoms with Gasteiger partial charge in [0, 0.05) is 10.6 Å². The van der Waals surface area contributed by atoms with Gasteiger partial charge >= 0.3 is 0 Å². The normalized spacial score (nSPS) is 12.6. The highest BCUT2D eigenvalue weighted by Gasteiger charge is 2.20. The van der Waals surface area contributed by atoms with Crippen molar-refractivity contribution < 1.29 is 4.39 Å². The van der Waals surface area contributed by atoms with Gasteiger partial charge in [-0.25, -0.2) is 4.39 Å². The van der Waals surface area contributed by atoms with Crippen molar-refractivity contribution in [1.29, 1.82) is 0 Å². The van der Waals surface area contributed by atoms with Gasteiger partial charge in [0.2, 0.25) is 0 Å². The minimum Gasteiger partial charge on any atom is -0.207 e. The molecule has 0 N–H and O–H groups in total. The average Bonchev–Trinajstić information content (AvgIpc) is 2.47. The minimum absolute atomic E-state index is 0.329. The first-order chi connectivity index (χ1) is 10.1. The Morgan fingerprint density at radius 3 is 2.33 bits per heavy atom. The summed E-state index contributed by atoms with van der Waals surface area (Å²) in [5.74, 6) is -0.382. The Hall–Kier alpha value is -1.57. The van der Waals surface area contributed by atoms with Crippen LogP contribution in [-0.4, -0.2) is 0 Å². The fourth-order valence-corrected chi connectivity index (χ4v) is 3.34. The highest BCUT2D eigenvalue weighted by atomic mass is 35.5. The number of hydrogen-bond acceptors (Lipinski definition) is 0. The van der Waals surface area contributed by atoms with Crippen molar-refractivity contribution in [3.8, 4) is 0 Å². The Bertz CT molecular complexity index is 791. The zero-order valence-electron chi connectivity index (χ0n) is 11.4. The fourth-order valence-electron chi connectivity index (χ4n) is 2.60. The molecule has 0 saturated heterocycles. The molecule has 0 bridgehead atoms. The number of alkyl halides is 1. The number of fused-ring (bicyclic) bond motifs is 1. The number of benzene rings is 3. The van der Waals surface area contributed by atoms with Gasteiger partial charge in [-0.15, -0.1) is 11.6 Å². The maximum atomic E-state index is 14.1. The molecule has 21 heavy (non-hydrogen) atoms. The van der Waals surface area contributed by atoms with Gasteiger partial charge in [0.05, 0.1) is 5.38 Å². The topological polar surface area (TPSA) is 0 Å². The quantitative estimate of drug-likeness (QED) is 0.488. The third kappa shape index (κ3) is 2.52. The molecule has 0 radical (unpaired) electrons. The molecule has 1 atom stereocenters. The van der Waals surface area contributed by atoms with Crippen LogP contribution in [0.25, 0.3) is 10.8 Å². The molecule has 0 spiro atoms. The highest BCUT2D eigenvalue weighted by Crippen LogP contribution is 2.39. The van der Waals surface area contributed by atoms with E-state index in [-0.39, 0.29) is 5.82 Å². The molecule has 0 heterocycles. The second kappa shape index (κ2) is 5.67. The van der Waals surface area contributed by atoms with Crippen LogP contribution in [0.5, 0.6) is 0 Å². The molecule has 0 amide bonds. The van der Waals surface area contributed by atoms with Crippen LogP contribution in [0.1, 0.15) is 22.1 Å². The van der Waals surface area contributed by atoms with Crippen molar-refractivity contribution in [1.82, 2.24) is 0 Å². The molecule has 3 aromatic rings. The average molecular weight is 319 g/mol. The van der Waals surface area contributed by atoms with E-state index in [9.17, 15) is 4.39 Å². The van der Waals surface area contributed by atoms with E-state index in [0.717, 1.165) is 21.9 Å². The van der Waals surface area contributed by atoms with E-state index < -0.39 is 5.38 Å². The number of hydrogen-bond donors (Lipinski definition) is 0. The van der Waals surface area contributed by atoms with Gasteiger partial charge < -0.3 is 0 Å². The molecule has 0 saturated carbocycles. The van der Waals surface area contributed by atoms with Crippen molar-refractivity contribution in [3.63, 3.8) is 0 Å². The van der Waals surface area contributed by atoms with E-state index in [1.165, 1.54) is 6.07 Å². The lowest BCUT2D eigenvalue weighted by Crippen LogP contribution is -1.99. The van der Waals surface area contributed by atoms with Gasteiger partial charge in [-0.2, -0.15) is 0 Å². The lowest BCUT2D eigenvalue weighted by atomic mass is 9.95. The van der Waals surface area contributed by atoms with E-state index in [2.05, 4.69) is 0 Å². The molecule has 0 fully saturated rings. The second-order valence-corrected chi connectivity index (χ2v) is 5.86. The Kier molecular flexibility index (Phi) is 3.88. The highest BCUT2D eigenvalue weighted by molar-refractivity contribution is 6.33. The Labute approximate surface area is 133 Å². The molecular weight excluding hydrogens is 306 g/mol. The van der Waals surface area contributed by atoms with Crippen LogP contribution in [0.4, 0.5) is 4.39 Å². The van der Waals surface area contributed by atoms with E-state index in [4.69, 9.17) is 23.2 Å². The summed E-state index contributed by atoms with van der Waals surface area (Å²) < 4.78 is 14.1. The predicted molar refractivity (Wildman–Crippen MR) is 87.8 cm³/mol. The Morgan fingerprint density at radius 1 is 0.905 bits per heavy atom. The van der Waals surface area contributed by atoms with Crippen molar-refractivity contribution in [3.05, 3.63) is 82.1 Å². The predicted octanol–water partition coefficient (Wildman–Crippen LogP) is 6.27. The maximum Gasteiger partial charge on any atom is 0.129 e. The molecule has 0 aliphatic heterocycles. The van der Waals surface area contributed by atoms with Crippen LogP contribution in [0.2, 0.25) is 5.02 Å². The summed E-state index contributed by atoms with van der Waals surface area (Å²) in [5, 5.41) is 1.87. The summed E-state index contributed by atoms with van der Waals surface area (Å²) in [7, 11) is 0. The molecule has 3 aromatic carbocycles. The largest absolute Gasteiger partial charge is 0.207 e. The van der Waals surface area contributed by atoms with E-state index in [1.54, 1.807) is 12.1 Å². The molecule has 1 unspecified atom stereocenters. The van der Waals surface area contributed by atoms with Crippen molar-refractivity contribution >= 4 is 34.0 Å². The van der Waals surface area contributed by atoms with Gasteiger partial charge in [-0.1, -0.05) is 54.1 Å². The summed E-state index contributed by atoms with van der Waals surface area (Å²) in [6.07, 6.45) is 0. The summed E-state index contributed by atoms with van der Waals surface area (Å²) in [4.78, 5) is 0. The van der Waals surface area contributed by atoms with E-state index in [1.807, 2.05) is 43.3 Å². The number of rotatable bonds is 2. The number of aryl methyl sites for hydroxylation is 1. The SMILES string of the molecule is Cc1ccc(C(Cl)c2c(F)cccc2Cl)c2ccccc12. The summed E-state index contributed by atoms with van der Waals surface area (Å²) in [6.45, 7) is 2.05. The molecule has 106 valence electrons. The molecular formula is C18H13Cl2F. The molecule has 0 aromatic heterocycles. The van der Waals surface area contributed by atoms with Crippen LogP contribution in [0.15, 0.2) is 54.6 Å². The van der Waals surface area contributed by atoms with Gasteiger partial charge in [0.15, 0.2) is 0 Å². The Morgan fingerprint density at radius 2 is 1.62 bits per heavy atom. The third-order valence-corrected chi connectivity index (χ3v) is 4.48. The summed E-state index contributed by atoms with van der Waals surface area (Å²) in [6, 6.07) is 16.6. The lowest BCUT2D eigenvalue weighted by molar-refractivity contribution is 0.612. The fraction of sp³-hybridized carbons (Fsp3) is 0.111. The molecule has 0 aliphatic carbocycles. The smallest absolute Gasteiger partial charge is 0.129 e. The van der Waals surface area contributed by atoms with Crippen molar-refractivity contribution in [2.24, 2.45) is 0 Å². The third-order valence-electron chi connectivity index (χ3n) is 3.70. The first-order valence-corrected chi connectivity index (χ1v) is 7.47. The van der Waals surface area contributed by atoms with Crippen LogP contribution >= 0.6 is 23.2 Å². The van der Waals surface area contributed by atoms with Crippen LogP contribution in [0.3, 0.4) is 0 Å². The first-order valence-electron chi connectivity index (χ1n) is 6.66. The molecule has 3 rings (SSSR count). The van der Waals surface area contributed by atoms with Crippen molar-refractivity contribution in [2.75, 3.05) is 0 Å². The van der Waals surface area contributed by atoms with Gasteiger partial charge in [-0.3, -0.25) is 0 Å². The Balaban J connectivity index is 2.23. The molecule has 3 heteroatoms.